The summed E-state index contributed by atoms with van der Waals surface area (Å²) in [6.45, 7) is 1.43. The molecule has 0 bridgehead atoms. The second-order valence-electron chi connectivity index (χ2n) is 7.18. The lowest BCUT2D eigenvalue weighted by atomic mass is 10.1. The molecule has 1 saturated heterocycles. The van der Waals surface area contributed by atoms with Crippen molar-refractivity contribution < 1.29 is 28.7 Å². The lowest BCUT2D eigenvalue weighted by molar-refractivity contribution is -0.127. The maximum absolute atomic E-state index is 12.7. The Morgan fingerprint density at radius 2 is 1.79 bits per heavy atom. The molecular formula is C24H18N2O6S. The van der Waals surface area contributed by atoms with E-state index in [4.69, 9.17) is 4.42 Å². The average Bonchev–Trinajstić information content (AvgIpc) is 3.35. The first-order valence-electron chi connectivity index (χ1n) is 9.87. The number of aryl methyl sites for hydroxylation is 1. The standard InChI is InChI=1S/C24H18N2O6S/c1-14-6-2-5-9-18(14)25-21(27)13-26-22(28)20(33-24(26)31)12-15-10-11-19(32-15)16-7-3-4-8-17(16)23(29)30/h2-12H,13H2,1H3,(H,25,27)(H,29,30)/b20-12-. The summed E-state index contributed by atoms with van der Waals surface area (Å²) >= 11 is 0.706. The number of furan rings is 1. The van der Waals surface area contributed by atoms with Gasteiger partial charge in [0.2, 0.25) is 5.91 Å². The summed E-state index contributed by atoms with van der Waals surface area (Å²) in [5.41, 5.74) is 1.94. The molecule has 0 unspecified atom stereocenters. The molecule has 3 amide bonds. The third kappa shape index (κ3) is 4.73. The molecule has 0 spiro atoms. The van der Waals surface area contributed by atoms with Crippen LogP contribution in [0.4, 0.5) is 10.5 Å². The van der Waals surface area contributed by atoms with Gasteiger partial charge in [-0.05, 0) is 48.5 Å². The Balaban J connectivity index is 1.49. The van der Waals surface area contributed by atoms with Crippen molar-refractivity contribution in [2.24, 2.45) is 0 Å². The summed E-state index contributed by atoms with van der Waals surface area (Å²) in [7, 11) is 0. The molecule has 2 heterocycles. The van der Waals surface area contributed by atoms with Crippen molar-refractivity contribution in [1.82, 2.24) is 4.90 Å². The summed E-state index contributed by atoms with van der Waals surface area (Å²) in [4.78, 5) is 49.8. The molecule has 2 aromatic carbocycles. The van der Waals surface area contributed by atoms with Gasteiger partial charge in [0.05, 0.1) is 10.5 Å². The van der Waals surface area contributed by atoms with Crippen LogP contribution in [0, 0.1) is 6.92 Å². The number of para-hydroxylation sites is 1. The van der Waals surface area contributed by atoms with E-state index >= 15 is 0 Å². The smallest absolute Gasteiger partial charge is 0.336 e. The molecule has 33 heavy (non-hydrogen) atoms. The number of anilines is 1. The van der Waals surface area contributed by atoms with Crippen molar-refractivity contribution in [3.8, 4) is 11.3 Å². The highest BCUT2D eigenvalue weighted by molar-refractivity contribution is 8.18. The molecule has 0 saturated carbocycles. The third-order valence-electron chi connectivity index (χ3n) is 4.92. The van der Waals surface area contributed by atoms with Gasteiger partial charge in [0.1, 0.15) is 18.1 Å². The van der Waals surface area contributed by atoms with Gasteiger partial charge < -0.3 is 14.8 Å². The average molecular weight is 462 g/mol. The number of rotatable bonds is 6. The zero-order valence-electron chi connectivity index (χ0n) is 17.4. The topological polar surface area (TPSA) is 117 Å². The van der Waals surface area contributed by atoms with Gasteiger partial charge in [-0.15, -0.1) is 0 Å². The minimum atomic E-state index is -1.09. The summed E-state index contributed by atoms with van der Waals surface area (Å²) in [6.07, 6.45) is 1.40. The van der Waals surface area contributed by atoms with Gasteiger partial charge in [0.25, 0.3) is 11.1 Å². The van der Waals surface area contributed by atoms with Crippen LogP contribution >= 0.6 is 11.8 Å². The number of carboxylic acids is 1. The molecule has 2 N–H and O–H groups in total. The number of hydrogen-bond donors (Lipinski definition) is 2. The van der Waals surface area contributed by atoms with Crippen LogP contribution in [0.3, 0.4) is 0 Å². The molecule has 1 fully saturated rings. The van der Waals surface area contributed by atoms with E-state index in [9.17, 15) is 24.3 Å². The van der Waals surface area contributed by atoms with Crippen LogP contribution in [0.2, 0.25) is 0 Å². The van der Waals surface area contributed by atoms with Gasteiger partial charge in [-0.3, -0.25) is 19.3 Å². The van der Waals surface area contributed by atoms with Gasteiger partial charge >= 0.3 is 5.97 Å². The second-order valence-corrected chi connectivity index (χ2v) is 8.18. The predicted molar refractivity (Wildman–Crippen MR) is 124 cm³/mol. The molecule has 1 aromatic heterocycles. The summed E-state index contributed by atoms with van der Waals surface area (Å²) in [6, 6.07) is 16.7. The number of hydrogen-bond acceptors (Lipinski definition) is 6. The molecule has 0 atom stereocenters. The van der Waals surface area contributed by atoms with Crippen LogP contribution in [0.5, 0.6) is 0 Å². The van der Waals surface area contributed by atoms with Crippen molar-refractivity contribution in [3.63, 3.8) is 0 Å². The molecule has 4 rings (SSSR count). The molecule has 0 aliphatic carbocycles. The van der Waals surface area contributed by atoms with Crippen molar-refractivity contribution in [1.29, 1.82) is 0 Å². The van der Waals surface area contributed by atoms with Crippen LogP contribution in [-0.2, 0) is 9.59 Å². The first kappa shape index (κ1) is 22.1. The Morgan fingerprint density at radius 1 is 1.06 bits per heavy atom. The molecule has 0 radical (unpaired) electrons. The fourth-order valence-electron chi connectivity index (χ4n) is 3.27. The van der Waals surface area contributed by atoms with Crippen molar-refractivity contribution in [2.45, 2.75) is 6.92 Å². The van der Waals surface area contributed by atoms with Gasteiger partial charge in [0, 0.05) is 17.3 Å². The minimum Gasteiger partial charge on any atom is -0.478 e. The third-order valence-corrected chi connectivity index (χ3v) is 5.82. The summed E-state index contributed by atoms with van der Waals surface area (Å²) in [5.74, 6) is -1.59. The number of nitrogens with one attached hydrogen (secondary N) is 1. The molecular weight excluding hydrogens is 444 g/mol. The Bertz CT molecular complexity index is 1310. The highest BCUT2D eigenvalue weighted by Crippen LogP contribution is 2.34. The zero-order chi connectivity index (χ0) is 23.5. The summed E-state index contributed by atoms with van der Waals surface area (Å²) < 4.78 is 5.70. The first-order chi connectivity index (χ1) is 15.8. The highest BCUT2D eigenvalue weighted by Gasteiger charge is 2.36. The minimum absolute atomic E-state index is 0.0818. The number of carboxylic acid groups (broad SMARTS) is 1. The van der Waals surface area contributed by atoms with E-state index in [0.717, 1.165) is 10.5 Å². The second kappa shape index (κ2) is 9.17. The van der Waals surface area contributed by atoms with Crippen LogP contribution in [0.1, 0.15) is 21.7 Å². The highest BCUT2D eigenvalue weighted by atomic mass is 32.2. The van der Waals surface area contributed by atoms with Crippen molar-refractivity contribution >= 4 is 46.5 Å². The maximum Gasteiger partial charge on any atom is 0.336 e. The Morgan fingerprint density at radius 3 is 2.55 bits per heavy atom. The molecule has 9 heteroatoms. The number of carbonyl (C=O) groups excluding carboxylic acids is 3. The molecule has 8 nitrogen and oxygen atoms in total. The Labute approximate surface area is 192 Å². The van der Waals surface area contributed by atoms with E-state index in [1.54, 1.807) is 42.5 Å². The maximum atomic E-state index is 12.7. The van der Waals surface area contributed by atoms with Gasteiger partial charge in [-0.2, -0.15) is 0 Å². The van der Waals surface area contributed by atoms with Crippen LogP contribution in [0.15, 0.2) is 70.0 Å². The number of amides is 3. The molecule has 1 aliphatic heterocycles. The van der Waals surface area contributed by atoms with Crippen LogP contribution < -0.4 is 5.32 Å². The van der Waals surface area contributed by atoms with E-state index in [1.165, 1.54) is 12.1 Å². The van der Waals surface area contributed by atoms with Crippen molar-refractivity contribution in [2.75, 3.05) is 11.9 Å². The Hall–Kier alpha value is -4.11. The number of aromatic carboxylic acids is 1. The molecule has 1 aliphatic rings. The lowest BCUT2D eigenvalue weighted by Crippen LogP contribution is -2.36. The van der Waals surface area contributed by atoms with E-state index in [2.05, 4.69) is 5.32 Å². The van der Waals surface area contributed by atoms with Crippen LogP contribution in [-0.4, -0.2) is 39.6 Å². The van der Waals surface area contributed by atoms with Gasteiger partial charge in [-0.1, -0.05) is 36.4 Å². The van der Waals surface area contributed by atoms with Gasteiger partial charge in [0.15, 0.2) is 0 Å². The number of imide groups is 1. The molecule has 3 aromatic rings. The van der Waals surface area contributed by atoms with E-state index in [-0.39, 0.29) is 16.2 Å². The predicted octanol–water partition coefficient (Wildman–Crippen LogP) is 4.63. The zero-order valence-corrected chi connectivity index (χ0v) is 18.2. The number of nitrogens with zero attached hydrogens (tertiary/aromatic N) is 1. The quantitative estimate of drug-likeness (QED) is 0.513. The van der Waals surface area contributed by atoms with Crippen molar-refractivity contribution in [3.05, 3.63) is 82.5 Å². The lowest BCUT2D eigenvalue weighted by Gasteiger charge is -2.13. The largest absolute Gasteiger partial charge is 0.478 e. The SMILES string of the molecule is Cc1ccccc1NC(=O)CN1C(=O)S/C(=C\c2ccc(-c3ccccc3C(=O)O)o2)C1=O. The monoisotopic (exact) mass is 462 g/mol. The number of benzene rings is 2. The van der Waals surface area contributed by atoms with E-state index in [0.29, 0.717) is 28.8 Å². The normalized spacial score (nSPS) is 14.7. The fraction of sp³-hybridized carbons (Fsp3) is 0.0833. The Kier molecular flexibility index (Phi) is 6.14. The van der Waals surface area contributed by atoms with E-state index in [1.807, 2.05) is 19.1 Å². The molecule has 166 valence electrons. The van der Waals surface area contributed by atoms with Crippen LogP contribution in [0.25, 0.3) is 17.4 Å². The summed E-state index contributed by atoms with van der Waals surface area (Å²) in [5, 5.41) is 11.5. The van der Waals surface area contributed by atoms with Gasteiger partial charge in [-0.25, -0.2) is 4.79 Å². The number of thioether (sulfide) groups is 1. The fourth-order valence-corrected chi connectivity index (χ4v) is 4.09. The number of carbonyl (C=O) groups is 4. The van der Waals surface area contributed by atoms with E-state index < -0.39 is 29.6 Å². The first-order valence-corrected chi connectivity index (χ1v) is 10.7.